The number of benzene rings is 1. The second-order valence-electron chi connectivity index (χ2n) is 5.63. The summed E-state index contributed by atoms with van der Waals surface area (Å²) >= 11 is 12.0. The van der Waals surface area contributed by atoms with Crippen molar-refractivity contribution in [2.24, 2.45) is 5.73 Å². The van der Waals surface area contributed by atoms with Crippen molar-refractivity contribution in [1.29, 1.82) is 0 Å². The molecular formula is C15H17Cl2N3O. The molecule has 0 amide bonds. The van der Waals surface area contributed by atoms with Crippen molar-refractivity contribution in [3.05, 3.63) is 34.1 Å². The van der Waals surface area contributed by atoms with E-state index >= 15 is 0 Å². The smallest absolute Gasteiger partial charge is 0.234 e. The number of hydrogen-bond donors (Lipinski definition) is 1. The van der Waals surface area contributed by atoms with Crippen molar-refractivity contribution in [3.63, 3.8) is 0 Å². The molecule has 0 saturated heterocycles. The van der Waals surface area contributed by atoms with Crippen LogP contribution in [0.5, 0.6) is 0 Å². The van der Waals surface area contributed by atoms with Gasteiger partial charge in [0.15, 0.2) is 0 Å². The first-order chi connectivity index (χ1) is 10.1. The largest absolute Gasteiger partial charge is 0.338 e. The van der Waals surface area contributed by atoms with Gasteiger partial charge in [-0.05, 0) is 31.0 Å². The average Bonchev–Trinajstić information content (AvgIpc) is 2.97. The molecule has 21 heavy (non-hydrogen) atoms. The van der Waals surface area contributed by atoms with Crippen LogP contribution in [0.3, 0.4) is 0 Å². The molecule has 1 aliphatic rings. The van der Waals surface area contributed by atoms with Crippen LogP contribution in [0.25, 0.3) is 11.4 Å². The maximum absolute atomic E-state index is 6.02. The minimum Gasteiger partial charge on any atom is -0.338 e. The molecule has 0 bridgehead atoms. The van der Waals surface area contributed by atoms with Crippen molar-refractivity contribution in [3.8, 4) is 11.4 Å². The maximum atomic E-state index is 6.02. The quantitative estimate of drug-likeness (QED) is 0.918. The van der Waals surface area contributed by atoms with Crippen molar-refractivity contribution in [2.45, 2.75) is 37.5 Å². The second-order valence-corrected chi connectivity index (χ2v) is 6.50. The van der Waals surface area contributed by atoms with E-state index in [1.807, 2.05) is 0 Å². The summed E-state index contributed by atoms with van der Waals surface area (Å²) < 4.78 is 5.51. The van der Waals surface area contributed by atoms with E-state index in [0.29, 0.717) is 28.3 Å². The fraction of sp³-hybridized carbons (Fsp3) is 0.467. The minimum atomic E-state index is -0.175. The van der Waals surface area contributed by atoms with Gasteiger partial charge >= 0.3 is 0 Å². The van der Waals surface area contributed by atoms with Gasteiger partial charge in [0, 0.05) is 22.2 Å². The Bertz CT molecular complexity index is 615. The Kier molecular flexibility index (Phi) is 4.20. The van der Waals surface area contributed by atoms with Crippen molar-refractivity contribution in [1.82, 2.24) is 10.1 Å². The number of aromatic nitrogens is 2. The van der Waals surface area contributed by atoms with Gasteiger partial charge in [0.2, 0.25) is 11.7 Å². The van der Waals surface area contributed by atoms with Crippen molar-refractivity contribution < 1.29 is 4.52 Å². The SMILES string of the molecule is NCC1(c2nc(-c3cc(Cl)cc(Cl)c3)no2)CCCCC1. The predicted molar refractivity (Wildman–Crippen MR) is 83.6 cm³/mol. The number of halogens is 2. The number of hydrogen-bond acceptors (Lipinski definition) is 4. The first-order valence-corrected chi connectivity index (χ1v) is 7.89. The zero-order chi connectivity index (χ0) is 14.9. The summed E-state index contributed by atoms with van der Waals surface area (Å²) in [5, 5.41) is 5.18. The molecule has 0 unspecified atom stereocenters. The number of rotatable bonds is 3. The van der Waals surface area contributed by atoms with Gasteiger partial charge in [0.25, 0.3) is 0 Å². The molecule has 0 spiro atoms. The Morgan fingerprint density at radius 2 is 1.76 bits per heavy atom. The first kappa shape index (κ1) is 14.8. The van der Waals surface area contributed by atoms with Crippen LogP contribution in [-0.4, -0.2) is 16.7 Å². The third-order valence-electron chi connectivity index (χ3n) is 4.20. The summed E-state index contributed by atoms with van der Waals surface area (Å²) in [5.74, 6) is 1.14. The molecule has 0 radical (unpaired) electrons. The molecule has 112 valence electrons. The third kappa shape index (κ3) is 2.93. The van der Waals surface area contributed by atoms with Crippen LogP contribution in [0.2, 0.25) is 10.0 Å². The van der Waals surface area contributed by atoms with Crippen molar-refractivity contribution >= 4 is 23.2 Å². The molecule has 1 saturated carbocycles. The fourth-order valence-electron chi connectivity index (χ4n) is 2.97. The zero-order valence-corrected chi connectivity index (χ0v) is 13.1. The van der Waals surface area contributed by atoms with E-state index in [4.69, 9.17) is 33.5 Å². The second kappa shape index (κ2) is 5.95. The van der Waals surface area contributed by atoms with E-state index in [1.165, 1.54) is 6.42 Å². The summed E-state index contributed by atoms with van der Waals surface area (Å²) in [7, 11) is 0. The third-order valence-corrected chi connectivity index (χ3v) is 4.64. The summed E-state index contributed by atoms with van der Waals surface area (Å²) in [4.78, 5) is 4.55. The summed E-state index contributed by atoms with van der Waals surface area (Å²) in [6, 6.07) is 5.23. The zero-order valence-electron chi connectivity index (χ0n) is 11.6. The first-order valence-electron chi connectivity index (χ1n) is 7.14. The van der Waals surface area contributed by atoms with E-state index in [-0.39, 0.29) is 5.41 Å². The van der Waals surface area contributed by atoms with E-state index in [0.717, 1.165) is 31.2 Å². The molecule has 1 aliphatic carbocycles. The van der Waals surface area contributed by atoms with Crippen LogP contribution in [-0.2, 0) is 5.41 Å². The lowest BCUT2D eigenvalue weighted by Crippen LogP contribution is -2.37. The van der Waals surface area contributed by atoms with Gasteiger partial charge in [-0.3, -0.25) is 0 Å². The molecule has 2 N–H and O–H groups in total. The van der Waals surface area contributed by atoms with Crippen LogP contribution in [0.15, 0.2) is 22.7 Å². The van der Waals surface area contributed by atoms with Crippen LogP contribution in [0, 0.1) is 0 Å². The molecule has 1 heterocycles. The monoisotopic (exact) mass is 325 g/mol. The van der Waals surface area contributed by atoms with Crippen molar-refractivity contribution in [2.75, 3.05) is 6.54 Å². The van der Waals surface area contributed by atoms with Gasteiger partial charge in [-0.1, -0.05) is 47.6 Å². The summed E-state index contributed by atoms with van der Waals surface area (Å²) in [6.07, 6.45) is 5.55. The van der Waals surface area contributed by atoms with Gasteiger partial charge < -0.3 is 10.3 Å². The van der Waals surface area contributed by atoms with Gasteiger partial charge in [0.1, 0.15) is 0 Å². The number of nitrogens with two attached hydrogens (primary N) is 1. The van der Waals surface area contributed by atoms with E-state index < -0.39 is 0 Å². The highest BCUT2D eigenvalue weighted by molar-refractivity contribution is 6.35. The predicted octanol–water partition coefficient (Wildman–Crippen LogP) is 4.20. The lowest BCUT2D eigenvalue weighted by Gasteiger charge is -2.32. The Labute approximate surface area is 133 Å². The molecule has 4 nitrogen and oxygen atoms in total. The maximum Gasteiger partial charge on any atom is 0.234 e. The lowest BCUT2D eigenvalue weighted by molar-refractivity contribution is 0.220. The molecule has 0 aliphatic heterocycles. The Hall–Kier alpha value is -1.10. The van der Waals surface area contributed by atoms with E-state index in [9.17, 15) is 0 Å². The molecule has 3 rings (SSSR count). The molecule has 1 aromatic carbocycles. The van der Waals surface area contributed by atoms with E-state index in [2.05, 4.69) is 10.1 Å². The summed E-state index contributed by atoms with van der Waals surface area (Å²) in [5.41, 5.74) is 6.58. The topological polar surface area (TPSA) is 64.9 Å². The fourth-order valence-corrected chi connectivity index (χ4v) is 3.50. The van der Waals surface area contributed by atoms with Crippen LogP contribution < -0.4 is 5.73 Å². The average molecular weight is 326 g/mol. The van der Waals surface area contributed by atoms with Gasteiger partial charge in [-0.25, -0.2) is 0 Å². The molecule has 1 fully saturated rings. The number of nitrogens with zero attached hydrogens (tertiary/aromatic N) is 2. The van der Waals surface area contributed by atoms with Gasteiger partial charge in [-0.2, -0.15) is 4.98 Å². The highest BCUT2D eigenvalue weighted by Crippen LogP contribution is 2.38. The normalized spacial score (nSPS) is 17.9. The highest BCUT2D eigenvalue weighted by atomic mass is 35.5. The minimum absolute atomic E-state index is 0.175. The molecule has 0 atom stereocenters. The Morgan fingerprint density at radius 3 is 2.38 bits per heavy atom. The Balaban J connectivity index is 1.95. The van der Waals surface area contributed by atoms with Crippen LogP contribution in [0.4, 0.5) is 0 Å². The molecule has 6 heteroatoms. The Morgan fingerprint density at radius 1 is 1.10 bits per heavy atom. The van der Waals surface area contributed by atoms with E-state index in [1.54, 1.807) is 18.2 Å². The summed E-state index contributed by atoms with van der Waals surface area (Å²) in [6.45, 7) is 0.533. The van der Waals surface area contributed by atoms with Gasteiger partial charge in [0.05, 0.1) is 5.41 Å². The van der Waals surface area contributed by atoms with Crippen LogP contribution >= 0.6 is 23.2 Å². The highest BCUT2D eigenvalue weighted by Gasteiger charge is 2.38. The molecule has 2 aromatic rings. The molecular weight excluding hydrogens is 309 g/mol. The van der Waals surface area contributed by atoms with Crippen LogP contribution in [0.1, 0.15) is 38.0 Å². The lowest BCUT2D eigenvalue weighted by atomic mass is 9.74. The standard InChI is InChI=1S/C15H17Cl2N3O/c16-11-6-10(7-12(17)8-11)13-19-14(21-20-13)15(9-18)4-2-1-3-5-15/h6-8H,1-5,9,18H2. The van der Waals surface area contributed by atoms with Gasteiger partial charge in [-0.15, -0.1) is 0 Å². The molecule has 1 aromatic heterocycles.